The lowest BCUT2D eigenvalue weighted by atomic mass is 9.99. The van der Waals surface area contributed by atoms with Gasteiger partial charge >= 0.3 is 0 Å². The first-order chi connectivity index (χ1) is 14.7. The highest BCUT2D eigenvalue weighted by Crippen LogP contribution is 2.26. The van der Waals surface area contributed by atoms with Gasteiger partial charge in [-0.3, -0.25) is 9.78 Å². The Morgan fingerprint density at radius 2 is 1.67 bits per heavy atom. The Morgan fingerprint density at radius 3 is 2.40 bits per heavy atom. The molecule has 2 heterocycles. The molecule has 0 radical (unpaired) electrons. The molecule has 0 spiro atoms. The van der Waals surface area contributed by atoms with Crippen molar-refractivity contribution in [2.75, 3.05) is 26.7 Å². The van der Waals surface area contributed by atoms with Crippen LogP contribution in [0, 0.1) is 0 Å². The van der Waals surface area contributed by atoms with Gasteiger partial charge in [-0.25, -0.2) is 0 Å². The molecule has 3 aromatic rings. The number of benzene rings is 2. The fourth-order valence-corrected chi connectivity index (χ4v) is 4.24. The minimum Gasteiger partial charge on any atom is -0.337 e. The number of hydrogen-bond donors (Lipinski definition) is 0. The van der Waals surface area contributed by atoms with Crippen LogP contribution < -0.4 is 0 Å². The highest BCUT2D eigenvalue weighted by Gasteiger charge is 2.26. The van der Waals surface area contributed by atoms with Crippen LogP contribution in [0.4, 0.5) is 0 Å². The zero-order chi connectivity index (χ0) is 20.8. The molecule has 0 unspecified atom stereocenters. The first kappa shape index (κ1) is 20.3. The molecule has 0 saturated carbocycles. The quantitative estimate of drug-likeness (QED) is 0.583. The van der Waals surface area contributed by atoms with Crippen LogP contribution in [0.5, 0.6) is 0 Å². The van der Waals surface area contributed by atoms with E-state index in [0.717, 1.165) is 36.5 Å². The van der Waals surface area contributed by atoms with Gasteiger partial charge in [-0.15, -0.1) is 0 Å². The summed E-state index contributed by atoms with van der Waals surface area (Å²) >= 11 is 0. The second-order valence-corrected chi connectivity index (χ2v) is 7.99. The number of carbonyl (C=O) groups excluding carboxylic acids is 1. The molecule has 154 valence electrons. The molecule has 1 fully saturated rings. The van der Waals surface area contributed by atoms with Crippen molar-refractivity contribution >= 4 is 5.91 Å². The normalized spacial score (nSPS) is 15.1. The van der Waals surface area contributed by atoms with Gasteiger partial charge < -0.3 is 9.80 Å². The molecule has 2 aromatic carbocycles. The van der Waals surface area contributed by atoms with E-state index in [1.54, 1.807) is 6.20 Å². The molecular weight excluding hydrogens is 370 g/mol. The molecular formula is C26H29N3O. The smallest absolute Gasteiger partial charge is 0.227 e. The summed E-state index contributed by atoms with van der Waals surface area (Å²) in [4.78, 5) is 22.3. The largest absolute Gasteiger partial charge is 0.337 e. The third-order valence-corrected chi connectivity index (χ3v) is 5.97. The van der Waals surface area contributed by atoms with E-state index < -0.39 is 0 Å². The van der Waals surface area contributed by atoms with Gasteiger partial charge in [0.1, 0.15) is 0 Å². The maximum absolute atomic E-state index is 13.4. The van der Waals surface area contributed by atoms with E-state index in [-0.39, 0.29) is 11.9 Å². The standard InChI is InChI=1S/C26H29N3O/c1-28(25(20-29-17-9-10-18-29)21-11-3-2-4-12-21)26(30)19-22-13-5-6-14-23(22)24-15-7-8-16-27-24/h2-8,11-16,25H,9-10,17-20H2,1H3/t25-/m1/s1. The number of amides is 1. The van der Waals surface area contributed by atoms with Gasteiger partial charge in [0, 0.05) is 25.4 Å². The fourth-order valence-electron chi connectivity index (χ4n) is 4.24. The summed E-state index contributed by atoms with van der Waals surface area (Å²) < 4.78 is 0. The molecule has 1 saturated heterocycles. The van der Waals surface area contributed by atoms with Crippen LogP contribution in [-0.4, -0.2) is 47.4 Å². The number of likely N-dealkylation sites (N-methyl/N-ethyl adjacent to an activating group) is 1. The van der Waals surface area contributed by atoms with E-state index in [0.29, 0.717) is 6.42 Å². The molecule has 4 rings (SSSR count). The van der Waals surface area contributed by atoms with Gasteiger partial charge in [0.05, 0.1) is 18.2 Å². The number of carbonyl (C=O) groups is 1. The van der Waals surface area contributed by atoms with Crippen LogP contribution in [0.2, 0.25) is 0 Å². The van der Waals surface area contributed by atoms with Crippen LogP contribution >= 0.6 is 0 Å². The van der Waals surface area contributed by atoms with Crippen LogP contribution in [0.25, 0.3) is 11.3 Å². The average Bonchev–Trinajstić information content (AvgIpc) is 3.32. The molecule has 0 aliphatic carbocycles. The summed E-state index contributed by atoms with van der Waals surface area (Å²) in [5.74, 6) is 0.131. The molecule has 1 aliphatic rings. The van der Waals surface area contributed by atoms with E-state index in [1.165, 1.54) is 18.4 Å². The second kappa shape index (κ2) is 9.68. The van der Waals surface area contributed by atoms with E-state index >= 15 is 0 Å². The number of nitrogens with zero attached hydrogens (tertiary/aromatic N) is 3. The lowest BCUT2D eigenvalue weighted by Crippen LogP contribution is -2.39. The average molecular weight is 400 g/mol. The van der Waals surface area contributed by atoms with E-state index in [4.69, 9.17) is 0 Å². The van der Waals surface area contributed by atoms with Crippen LogP contribution in [0.1, 0.15) is 30.0 Å². The Balaban J connectivity index is 1.56. The first-order valence-corrected chi connectivity index (χ1v) is 10.7. The molecule has 4 heteroatoms. The first-order valence-electron chi connectivity index (χ1n) is 10.7. The minimum absolute atomic E-state index is 0.0545. The third-order valence-electron chi connectivity index (χ3n) is 5.97. The highest BCUT2D eigenvalue weighted by atomic mass is 16.2. The Morgan fingerprint density at radius 1 is 0.967 bits per heavy atom. The van der Waals surface area contributed by atoms with Gasteiger partial charge in [-0.1, -0.05) is 60.7 Å². The second-order valence-electron chi connectivity index (χ2n) is 7.99. The van der Waals surface area contributed by atoms with E-state index in [2.05, 4.69) is 34.1 Å². The van der Waals surface area contributed by atoms with Crippen molar-refractivity contribution in [2.24, 2.45) is 0 Å². The zero-order valence-corrected chi connectivity index (χ0v) is 17.6. The van der Waals surface area contributed by atoms with Crippen molar-refractivity contribution in [2.45, 2.75) is 25.3 Å². The SMILES string of the molecule is CN(C(=O)Cc1ccccc1-c1ccccn1)[C@H](CN1CCCC1)c1ccccc1. The monoisotopic (exact) mass is 399 g/mol. The Labute approximate surface area is 179 Å². The number of likely N-dealkylation sites (tertiary alicyclic amines) is 1. The number of aromatic nitrogens is 1. The Kier molecular flexibility index (Phi) is 6.55. The van der Waals surface area contributed by atoms with Crippen LogP contribution in [-0.2, 0) is 11.2 Å². The molecule has 0 bridgehead atoms. The molecule has 4 nitrogen and oxygen atoms in total. The van der Waals surface area contributed by atoms with Crippen molar-refractivity contribution in [3.05, 3.63) is 90.1 Å². The third kappa shape index (κ3) is 4.77. The predicted molar refractivity (Wildman–Crippen MR) is 121 cm³/mol. The number of rotatable bonds is 7. The van der Waals surface area contributed by atoms with Crippen molar-refractivity contribution < 1.29 is 4.79 Å². The molecule has 1 aromatic heterocycles. The van der Waals surface area contributed by atoms with Crippen LogP contribution in [0.15, 0.2) is 79.0 Å². The minimum atomic E-state index is 0.0545. The Hall–Kier alpha value is -2.98. The van der Waals surface area contributed by atoms with Gasteiger partial charge in [0.15, 0.2) is 0 Å². The number of hydrogen-bond acceptors (Lipinski definition) is 3. The molecule has 1 atom stereocenters. The van der Waals surface area contributed by atoms with Crippen molar-refractivity contribution in [3.8, 4) is 11.3 Å². The van der Waals surface area contributed by atoms with E-state index in [1.807, 2.05) is 60.5 Å². The van der Waals surface area contributed by atoms with Gasteiger partial charge in [-0.05, 0) is 49.2 Å². The lowest BCUT2D eigenvalue weighted by Gasteiger charge is -2.32. The summed E-state index contributed by atoms with van der Waals surface area (Å²) in [5, 5.41) is 0. The summed E-state index contributed by atoms with van der Waals surface area (Å²) in [5.41, 5.74) is 4.13. The van der Waals surface area contributed by atoms with E-state index in [9.17, 15) is 4.79 Å². The fraction of sp³-hybridized carbons (Fsp3) is 0.308. The number of pyridine rings is 1. The predicted octanol–water partition coefficient (Wildman–Crippen LogP) is 4.59. The topological polar surface area (TPSA) is 36.4 Å². The molecule has 1 amide bonds. The van der Waals surface area contributed by atoms with Gasteiger partial charge in [0.25, 0.3) is 0 Å². The lowest BCUT2D eigenvalue weighted by molar-refractivity contribution is -0.131. The molecule has 1 aliphatic heterocycles. The zero-order valence-electron chi connectivity index (χ0n) is 17.6. The summed E-state index contributed by atoms with van der Waals surface area (Å²) in [7, 11) is 1.94. The molecule has 0 N–H and O–H groups in total. The summed E-state index contributed by atoms with van der Waals surface area (Å²) in [6.45, 7) is 3.12. The molecule has 30 heavy (non-hydrogen) atoms. The maximum atomic E-state index is 13.4. The van der Waals surface area contributed by atoms with Crippen LogP contribution in [0.3, 0.4) is 0 Å². The Bertz CT molecular complexity index is 952. The van der Waals surface area contributed by atoms with Crippen molar-refractivity contribution in [3.63, 3.8) is 0 Å². The van der Waals surface area contributed by atoms with Crippen molar-refractivity contribution in [1.82, 2.24) is 14.8 Å². The highest BCUT2D eigenvalue weighted by molar-refractivity contribution is 5.81. The van der Waals surface area contributed by atoms with Crippen molar-refractivity contribution in [1.29, 1.82) is 0 Å². The van der Waals surface area contributed by atoms with Gasteiger partial charge in [-0.2, -0.15) is 0 Å². The maximum Gasteiger partial charge on any atom is 0.227 e. The summed E-state index contributed by atoms with van der Waals surface area (Å²) in [6, 6.07) is 24.4. The van der Waals surface area contributed by atoms with Gasteiger partial charge in [0.2, 0.25) is 5.91 Å². The summed E-state index contributed by atoms with van der Waals surface area (Å²) in [6.07, 6.45) is 4.65.